The van der Waals surface area contributed by atoms with Crippen molar-refractivity contribution >= 4 is 39.5 Å². The van der Waals surface area contributed by atoms with E-state index in [1.807, 2.05) is 0 Å². The van der Waals surface area contributed by atoms with Gasteiger partial charge in [0.2, 0.25) is 0 Å². The van der Waals surface area contributed by atoms with Crippen molar-refractivity contribution in [2.24, 2.45) is 23.7 Å². The predicted molar refractivity (Wildman–Crippen MR) is 363 cm³/mol. The van der Waals surface area contributed by atoms with E-state index in [0.717, 1.165) is 114 Å². The Kier molecular flexibility index (Phi) is 59.4. The molecule has 0 rings (SSSR count). The van der Waals surface area contributed by atoms with E-state index in [1.54, 1.807) is 0 Å². The van der Waals surface area contributed by atoms with Gasteiger partial charge in [0.15, 0.2) is 12.2 Å². The monoisotopic (exact) mass is 1320 g/mol. The Morgan fingerprint density at radius 2 is 0.533 bits per heavy atom. The molecule has 7 atom stereocenters. The van der Waals surface area contributed by atoms with Crippen LogP contribution in [0.15, 0.2) is 0 Å². The molecule has 0 aromatic rings. The molecule has 90 heavy (non-hydrogen) atoms. The second-order valence-corrected chi connectivity index (χ2v) is 30.0. The molecule has 0 aromatic carbocycles. The normalized spacial score (nSPS) is 14.9. The molecule has 3 N–H and O–H groups in total. The van der Waals surface area contributed by atoms with Crippen molar-refractivity contribution in [1.82, 2.24) is 0 Å². The maximum atomic E-state index is 13.0. The van der Waals surface area contributed by atoms with E-state index in [9.17, 15) is 43.2 Å². The van der Waals surface area contributed by atoms with Gasteiger partial charge in [-0.05, 0) is 49.4 Å². The zero-order valence-electron chi connectivity index (χ0n) is 58.8. The van der Waals surface area contributed by atoms with Crippen LogP contribution in [0, 0.1) is 23.7 Å². The number of phosphoric acid groups is 2. The molecular formula is C71H138O17P2. The van der Waals surface area contributed by atoms with Crippen molar-refractivity contribution in [3.05, 3.63) is 0 Å². The highest BCUT2D eigenvalue weighted by Gasteiger charge is 2.30. The molecule has 19 heteroatoms. The Labute approximate surface area is 549 Å². The van der Waals surface area contributed by atoms with E-state index in [-0.39, 0.29) is 25.7 Å². The maximum absolute atomic E-state index is 13.0. The van der Waals surface area contributed by atoms with Crippen LogP contribution in [0.3, 0.4) is 0 Å². The first-order valence-electron chi connectivity index (χ1n) is 36.8. The summed E-state index contributed by atoms with van der Waals surface area (Å²) in [6, 6.07) is 0. The summed E-state index contributed by atoms with van der Waals surface area (Å²) in [5, 5.41) is 10.6. The highest BCUT2D eigenvalue weighted by Crippen LogP contribution is 2.45. The fourth-order valence-corrected chi connectivity index (χ4v) is 12.2. The van der Waals surface area contributed by atoms with Crippen LogP contribution >= 0.6 is 15.6 Å². The summed E-state index contributed by atoms with van der Waals surface area (Å²) in [6.07, 6.45) is 42.9. The van der Waals surface area contributed by atoms with Gasteiger partial charge in [0.1, 0.15) is 19.3 Å². The third-order valence-corrected chi connectivity index (χ3v) is 18.9. The molecule has 0 fully saturated rings. The minimum absolute atomic E-state index is 0.104. The predicted octanol–water partition coefficient (Wildman–Crippen LogP) is 20.1. The smallest absolute Gasteiger partial charge is 0.462 e. The first-order valence-corrected chi connectivity index (χ1v) is 39.8. The van der Waals surface area contributed by atoms with Crippen molar-refractivity contribution in [2.45, 2.75) is 369 Å². The molecule has 0 aliphatic rings. The number of ether oxygens (including phenoxy) is 4. The number of aliphatic hydroxyl groups is 1. The first kappa shape index (κ1) is 88.1. The molecule has 0 heterocycles. The summed E-state index contributed by atoms with van der Waals surface area (Å²) in [6.45, 7) is 14.1. The average molecular weight is 1330 g/mol. The van der Waals surface area contributed by atoms with Crippen LogP contribution in [0.2, 0.25) is 0 Å². The first-order chi connectivity index (χ1) is 43.2. The number of carbonyl (C=O) groups is 4. The third kappa shape index (κ3) is 62.2. The minimum Gasteiger partial charge on any atom is -0.462 e. The topological polar surface area (TPSA) is 237 Å². The zero-order chi connectivity index (χ0) is 66.8. The highest BCUT2D eigenvalue weighted by molar-refractivity contribution is 7.47. The van der Waals surface area contributed by atoms with Crippen molar-refractivity contribution in [1.29, 1.82) is 0 Å². The van der Waals surface area contributed by atoms with Crippen LogP contribution in [-0.2, 0) is 65.4 Å². The van der Waals surface area contributed by atoms with Gasteiger partial charge < -0.3 is 33.8 Å². The molecule has 0 saturated carbocycles. The number of hydrogen-bond acceptors (Lipinski definition) is 15. The van der Waals surface area contributed by atoms with Gasteiger partial charge in [-0.15, -0.1) is 0 Å². The van der Waals surface area contributed by atoms with Crippen molar-refractivity contribution in [3.8, 4) is 0 Å². The molecule has 5 unspecified atom stereocenters. The number of esters is 4. The SMILES string of the molecule is CCC(C)CCCCCCCCCCCCC(=O)OC[C@H](COP(=O)(O)OCC(O)COP(=O)(O)OC[C@@H](COC(=O)CCCCCCCCCCC(C)C)OC(=O)CCCCCCCCCCCCC(C)C)OC(=O)CCCCCCCCCCC(C)CC. The van der Waals surface area contributed by atoms with E-state index in [0.29, 0.717) is 25.7 Å². The standard InChI is InChI=1S/C71H138O17P2/c1-9-63(7)49-41-33-25-16-12-14-17-27-35-43-51-68(73)81-57-67(88-71(76)54-46-38-30-22-20-26-34-42-50-64(8)10-2)60-86-90(79,80)84-56-65(72)55-83-89(77,78)85-59-66(58-82-69(74)52-44-36-28-21-19-24-32-40-48-62(5)6)87-70(75)53-45-37-29-18-13-11-15-23-31-39-47-61(3)4/h61-67,72H,9-60H2,1-8H3,(H,77,78)(H,79,80)/t63?,64?,65?,66-,67-/m1/s1. The van der Waals surface area contributed by atoms with Crippen LogP contribution in [-0.4, -0.2) is 96.7 Å². The van der Waals surface area contributed by atoms with Gasteiger partial charge >= 0.3 is 39.5 Å². The second-order valence-electron chi connectivity index (χ2n) is 27.1. The van der Waals surface area contributed by atoms with Crippen LogP contribution in [0.1, 0.15) is 351 Å². The number of phosphoric ester groups is 2. The van der Waals surface area contributed by atoms with Gasteiger partial charge in [-0.2, -0.15) is 0 Å². The lowest BCUT2D eigenvalue weighted by molar-refractivity contribution is -0.161. The van der Waals surface area contributed by atoms with E-state index >= 15 is 0 Å². The molecule has 0 radical (unpaired) electrons. The second kappa shape index (κ2) is 60.7. The Morgan fingerprint density at radius 3 is 0.789 bits per heavy atom. The lowest BCUT2D eigenvalue weighted by Crippen LogP contribution is -2.30. The van der Waals surface area contributed by atoms with Gasteiger partial charge in [0.25, 0.3) is 0 Å². The third-order valence-electron chi connectivity index (χ3n) is 17.0. The lowest BCUT2D eigenvalue weighted by atomic mass is 9.99. The van der Waals surface area contributed by atoms with Gasteiger partial charge in [0.05, 0.1) is 26.4 Å². The molecule has 534 valence electrons. The number of carbonyl (C=O) groups excluding carboxylic acids is 4. The molecule has 0 amide bonds. The maximum Gasteiger partial charge on any atom is 0.472 e. The Morgan fingerprint density at radius 1 is 0.311 bits per heavy atom. The van der Waals surface area contributed by atoms with E-state index < -0.39 is 97.5 Å². The summed E-state index contributed by atoms with van der Waals surface area (Å²) < 4.78 is 68.3. The Hall–Kier alpha value is -1.94. The average Bonchev–Trinajstić information content (AvgIpc) is 3.72. The van der Waals surface area contributed by atoms with Crippen molar-refractivity contribution in [3.63, 3.8) is 0 Å². The van der Waals surface area contributed by atoms with Crippen LogP contribution in [0.25, 0.3) is 0 Å². The summed E-state index contributed by atoms with van der Waals surface area (Å²) in [7, 11) is -9.91. The van der Waals surface area contributed by atoms with Gasteiger partial charge in [-0.1, -0.05) is 299 Å². The fraction of sp³-hybridized carbons (Fsp3) is 0.944. The van der Waals surface area contributed by atoms with Crippen LogP contribution in [0.5, 0.6) is 0 Å². The number of unbranched alkanes of at least 4 members (excludes halogenated alkanes) is 32. The lowest BCUT2D eigenvalue weighted by Gasteiger charge is -2.21. The quantitative estimate of drug-likeness (QED) is 0.0222. The van der Waals surface area contributed by atoms with Gasteiger partial charge in [-0.25, -0.2) is 9.13 Å². The molecule has 0 aromatic heterocycles. The molecule has 0 aliphatic heterocycles. The van der Waals surface area contributed by atoms with Crippen molar-refractivity contribution in [2.75, 3.05) is 39.6 Å². The Balaban J connectivity index is 5.27. The molecule has 0 spiro atoms. The Bertz CT molecular complexity index is 1790. The van der Waals surface area contributed by atoms with E-state index in [2.05, 4.69) is 55.4 Å². The van der Waals surface area contributed by atoms with E-state index in [1.165, 1.54) is 154 Å². The van der Waals surface area contributed by atoms with Gasteiger partial charge in [-0.3, -0.25) is 37.3 Å². The molecule has 0 saturated heterocycles. The molecule has 0 bridgehead atoms. The molecular weight excluding hydrogens is 1190 g/mol. The minimum atomic E-state index is -4.95. The van der Waals surface area contributed by atoms with Crippen LogP contribution < -0.4 is 0 Å². The summed E-state index contributed by atoms with van der Waals surface area (Å²) in [5.41, 5.74) is 0. The number of hydrogen-bond donors (Lipinski definition) is 3. The number of rotatable bonds is 68. The summed E-state index contributed by atoms with van der Waals surface area (Å²) >= 11 is 0. The van der Waals surface area contributed by atoms with E-state index in [4.69, 9.17) is 37.0 Å². The molecule has 17 nitrogen and oxygen atoms in total. The zero-order valence-corrected chi connectivity index (χ0v) is 60.6. The largest absolute Gasteiger partial charge is 0.472 e. The van der Waals surface area contributed by atoms with Gasteiger partial charge in [0, 0.05) is 25.7 Å². The van der Waals surface area contributed by atoms with Crippen molar-refractivity contribution < 1.29 is 80.2 Å². The number of aliphatic hydroxyl groups excluding tert-OH is 1. The van der Waals surface area contributed by atoms with Crippen LogP contribution in [0.4, 0.5) is 0 Å². The summed E-state index contributed by atoms with van der Waals surface area (Å²) in [4.78, 5) is 72.6. The summed E-state index contributed by atoms with van der Waals surface area (Å²) in [5.74, 6) is 0.928. The molecule has 0 aliphatic carbocycles. The highest BCUT2D eigenvalue weighted by atomic mass is 31.2. The fourth-order valence-electron chi connectivity index (χ4n) is 10.6.